The molecular formula is C12H12OSi. The summed E-state index contributed by atoms with van der Waals surface area (Å²) in [7, 11) is 1.01. The normalized spacial score (nSPS) is 10.0. The molecule has 0 spiro atoms. The van der Waals surface area contributed by atoms with E-state index in [9.17, 15) is 0 Å². The molecule has 14 heavy (non-hydrogen) atoms. The summed E-state index contributed by atoms with van der Waals surface area (Å²) in [4.78, 5) is 0. The number of benzene rings is 2. The number of hydrogen-bond acceptors (Lipinski definition) is 1. The summed E-state index contributed by atoms with van der Waals surface area (Å²) in [5, 5.41) is 1.29. The predicted molar refractivity (Wildman–Crippen MR) is 62.5 cm³/mol. The first kappa shape index (κ1) is 9.03. The summed E-state index contributed by atoms with van der Waals surface area (Å²) in [6, 6.07) is 18.0. The van der Waals surface area contributed by atoms with E-state index in [4.69, 9.17) is 4.74 Å². The molecule has 0 aliphatic carbocycles. The Kier molecular flexibility index (Phi) is 2.65. The molecule has 2 aromatic rings. The quantitative estimate of drug-likeness (QED) is 0.667. The van der Waals surface area contributed by atoms with Gasteiger partial charge < -0.3 is 4.74 Å². The minimum absolute atomic E-state index is 0.899. The maximum Gasteiger partial charge on any atom is 0.127 e. The van der Waals surface area contributed by atoms with E-state index in [1.165, 1.54) is 5.19 Å². The Labute approximate surface area is 86.8 Å². The lowest BCUT2D eigenvalue weighted by Gasteiger charge is -2.07. The van der Waals surface area contributed by atoms with Crippen LogP contribution in [0.15, 0.2) is 54.6 Å². The zero-order valence-electron chi connectivity index (χ0n) is 8.10. The van der Waals surface area contributed by atoms with Crippen LogP contribution in [0.1, 0.15) is 0 Å². The molecule has 0 heterocycles. The van der Waals surface area contributed by atoms with Crippen LogP contribution < -0.4 is 9.92 Å². The van der Waals surface area contributed by atoms with E-state index >= 15 is 0 Å². The van der Waals surface area contributed by atoms with E-state index in [1.54, 1.807) is 0 Å². The fraction of sp³-hybridized carbons (Fsp3) is 0. The Bertz CT molecular complexity index is 412. The van der Waals surface area contributed by atoms with E-state index in [0.717, 1.165) is 21.7 Å². The van der Waals surface area contributed by atoms with Crippen LogP contribution in [-0.4, -0.2) is 10.2 Å². The first-order chi connectivity index (χ1) is 6.86. The molecule has 0 saturated heterocycles. The van der Waals surface area contributed by atoms with Crippen LogP contribution in [0.25, 0.3) is 0 Å². The van der Waals surface area contributed by atoms with Gasteiger partial charge in [-0.3, -0.25) is 0 Å². The average molecular weight is 200 g/mol. The Morgan fingerprint density at radius 3 is 2.14 bits per heavy atom. The van der Waals surface area contributed by atoms with Crippen LogP contribution in [-0.2, 0) is 0 Å². The van der Waals surface area contributed by atoms with Gasteiger partial charge >= 0.3 is 0 Å². The number of ether oxygens (including phenoxy) is 1. The van der Waals surface area contributed by atoms with Crippen LogP contribution in [0.2, 0.25) is 0 Å². The monoisotopic (exact) mass is 200 g/mol. The first-order valence-corrected chi connectivity index (χ1v) is 5.65. The molecule has 0 aromatic heterocycles. The van der Waals surface area contributed by atoms with Crippen LogP contribution in [0.3, 0.4) is 0 Å². The van der Waals surface area contributed by atoms with Crippen molar-refractivity contribution in [2.75, 3.05) is 0 Å². The van der Waals surface area contributed by atoms with Crippen LogP contribution in [0, 0.1) is 0 Å². The molecule has 0 atom stereocenters. The van der Waals surface area contributed by atoms with Crippen molar-refractivity contribution < 1.29 is 4.74 Å². The van der Waals surface area contributed by atoms with Gasteiger partial charge in [-0.2, -0.15) is 0 Å². The standard InChI is InChI=1S/C12H12OSi/c14-12-9-5-4-8-11(12)13-10-6-2-1-3-7-10/h1-9H,14H3. The maximum absolute atomic E-state index is 5.74. The van der Waals surface area contributed by atoms with Crippen molar-refractivity contribution in [3.05, 3.63) is 54.6 Å². The van der Waals surface area contributed by atoms with E-state index in [0.29, 0.717) is 0 Å². The van der Waals surface area contributed by atoms with E-state index in [-0.39, 0.29) is 0 Å². The molecule has 0 aliphatic rings. The second-order valence-electron chi connectivity index (χ2n) is 3.18. The second-order valence-corrected chi connectivity index (χ2v) is 4.26. The van der Waals surface area contributed by atoms with Crippen molar-refractivity contribution in [1.82, 2.24) is 0 Å². The molecule has 0 aliphatic heterocycles. The Morgan fingerprint density at radius 2 is 1.43 bits per heavy atom. The van der Waals surface area contributed by atoms with E-state index < -0.39 is 0 Å². The summed E-state index contributed by atoms with van der Waals surface area (Å²) >= 11 is 0. The molecule has 0 amide bonds. The SMILES string of the molecule is [SiH3]c1ccccc1Oc1ccccc1. The highest BCUT2D eigenvalue weighted by Crippen LogP contribution is 2.17. The molecule has 2 rings (SSSR count). The van der Waals surface area contributed by atoms with E-state index in [1.807, 2.05) is 48.5 Å². The molecule has 70 valence electrons. The van der Waals surface area contributed by atoms with Gasteiger partial charge in [0.05, 0.1) is 0 Å². The van der Waals surface area contributed by atoms with Gasteiger partial charge in [0.25, 0.3) is 0 Å². The third kappa shape index (κ3) is 2.03. The molecule has 0 N–H and O–H groups in total. The molecule has 0 unspecified atom stereocenters. The fourth-order valence-corrected chi connectivity index (χ4v) is 1.75. The lowest BCUT2D eigenvalue weighted by atomic mass is 10.3. The summed E-state index contributed by atoms with van der Waals surface area (Å²) in [6.45, 7) is 0. The third-order valence-electron chi connectivity index (χ3n) is 2.06. The zero-order chi connectivity index (χ0) is 9.80. The molecule has 1 nitrogen and oxygen atoms in total. The van der Waals surface area contributed by atoms with Gasteiger partial charge in [0.15, 0.2) is 0 Å². The molecule has 0 saturated carbocycles. The number of hydrogen-bond donors (Lipinski definition) is 0. The smallest absolute Gasteiger partial charge is 0.127 e. The predicted octanol–water partition coefficient (Wildman–Crippen LogP) is 1.47. The maximum atomic E-state index is 5.74. The van der Waals surface area contributed by atoms with Crippen LogP contribution in [0.5, 0.6) is 11.5 Å². The number of para-hydroxylation sites is 2. The minimum atomic E-state index is 0.899. The molecule has 0 fully saturated rings. The summed E-state index contributed by atoms with van der Waals surface area (Å²) in [6.07, 6.45) is 0. The highest BCUT2D eigenvalue weighted by Gasteiger charge is 1.98. The lowest BCUT2D eigenvalue weighted by Crippen LogP contribution is -2.05. The van der Waals surface area contributed by atoms with Gasteiger partial charge in [-0.05, 0) is 23.4 Å². The van der Waals surface area contributed by atoms with Gasteiger partial charge in [0.1, 0.15) is 11.5 Å². The van der Waals surface area contributed by atoms with Gasteiger partial charge in [-0.15, -0.1) is 0 Å². The third-order valence-corrected chi connectivity index (χ3v) is 2.89. The highest BCUT2D eigenvalue weighted by molar-refractivity contribution is 6.34. The van der Waals surface area contributed by atoms with Gasteiger partial charge in [-0.1, -0.05) is 36.4 Å². The van der Waals surface area contributed by atoms with Gasteiger partial charge in [-0.25, -0.2) is 0 Å². The summed E-state index contributed by atoms with van der Waals surface area (Å²) < 4.78 is 5.74. The number of rotatable bonds is 2. The second kappa shape index (κ2) is 4.11. The van der Waals surface area contributed by atoms with Crippen molar-refractivity contribution in [2.45, 2.75) is 0 Å². The van der Waals surface area contributed by atoms with Gasteiger partial charge in [0.2, 0.25) is 0 Å². The topological polar surface area (TPSA) is 9.23 Å². The first-order valence-electron chi connectivity index (χ1n) is 4.65. The largest absolute Gasteiger partial charge is 0.458 e. The van der Waals surface area contributed by atoms with Crippen molar-refractivity contribution in [1.29, 1.82) is 0 Å². The van der Waals surface area contributed by atoms with Crippen molar-refractivity contribution >= 4 is 15.4 Å². The van der Waals surface area contributed by atoms with Crippen molar-refractivity contribution in [3.8, 4) is 11.5 Å². The molecule has 2 aromatic carbocycles. The van der Waals surface area contributed by atoms with Gasteiger partial charge in [0, 0.05) is 10.2 Å². The minimum Gasteiger partial charge on any atom is -0.458 e. The summed E-state index contributed by atoms with van der Waals surface area (Å²) in [5.74, 6) is 1.88. The van der Waals surface area contributed by atoms with Crippen LogP contribution >= 0.6 is 0 Å². The fourth-order valence-electron chi connectivity index (χ4n) is 1.29. The molecule has 0 radical (unpaired) electrons. The Morgan fingerprint density at radius 1 is 0.786 bits per heavy atom. The lowest BCUT2D eigenvalue weighted by molar-refractivity contribution is 0.486. The highest BCUT2D eigenvalue weighted by atomic mass is 28.1. The molecular weight excluding hydrogens is 188 g/mol. The summed E-state index contributed by atoms with van der Waals surface area (Å²) in [5.41, 5.74) is 0. The van der Waals surface area contributed by atoms with Crippen molar-refractivity contribution in [3.63, 3.8) is 0 Å². The molecule has 2 heteroatoms. The van der Waals surface area contributed by atoms with Crippen molar-refractivity contribution in [2.24, 2.45) is 0 Å². The van der Waals surface area contributed by atoms with E-state index in [2.05, 4.69) is 6.07 Å². The zero-order valence-corrected chi connectivity index (χ0v) is 10.1. The Hall–Kier alpha value is -1.54. The molecule has 0 bridgehead atoms. The average Bonchev–Trinajstić information content (AvgIpc) is 2.23. The Balaban J connectivity index is 2.24. The van der Waals surface area contributed by atoms with Crippen LogP contribution in [0.4, 0.5) is 0 Å².